The Hall–Kier alpha value is -2.08. The SMILES string of the molecule is Cc1nnc(CN=C(NCCc2cccs2)NCCc2cc(F)ccc2F)n1C.I. The summed E-state index contributed by atoms with van der Waals surface area (Å²) in [5, 5.41) is 16.7. The van der Waals surface area contributed by atoms with Crippen molar-refractivity contribution in [3.05, 3.63) is 69.4 Å². The van der Waals surface area contributed by atoms with E-state index in [1.54, 1.807) is 11.3 Å². The summed E-state index contributed by atoms with van der Waals surface area (Å²) >= 11 is 1.71. The Morgan fingerprint density at radius 1 is 1.13 bits per heavy atom. The van der Waals surface area contributed by atoms with Gasteiger partial charge in [-0.05, 0) is 55.0 Å². The predicted octanol–water partition coefficient (Wildman–Crippen LogP) is 3.60. The van der Waals surface area contributed by atoms with Crippen molar-refractivity contribution in [3.63, 3.8) is 0 Å². The minimum Gasteiger partial charge on any atom is -0.356 e. The van der Waals surface area contributed by atoms with E-state index in [4.69, 9.17) is 0 Å². The van der Waals surface area contributed by atoms with Gasteiger partial charge in [0, 0.05) is 25.0 Å². The number of thiophene rings is 1. The van der Waals surface area contributed by atoms with Gasteiger partial charge >= 0.3 is 0 Å². The lowest BCUT2D eigenvalue weighted by Gasteiger charge is -2.13. The van der Waals surface area contributed by atoms with Gasteiger partial charge in [0.2, 0.25) is 0 Å². The second kappa shape index (κ2) is 11.9. The first-order chi connectivity index (χ1) is 14.0. The molecular formula is C20H25F2IN6S. The lowest BCUT2D eigenvalue weighted by molar-refractivity contribution is 0.583. The van der Waals surface area contributed by atoms with Crippen LogP contribution in [0, 0.1) is 18.6 Å². The smallest absolute Gasteiger partial charge is 0.191 e. The summed E-state index contributed by atoms with van der Waals surface area (Å²) in [7, 11) is 1.89. The van der Waals surface area contributed by atoms with Gasteiger partial charge in [0.25, 0.3) is 0 Å². The van der Waals surface area contributed by atoms with Gasteiger partial charge in [-0.2, -0.15) is 0 Å². The standard InChI is InChI=1S/C20H24F2N6S.HI/c1-14-26-27-19(28(14)2)13-25-20(24-10-8-17-4-3-11-29-17)23-9-7-15-12-16(21)5-6-18(15)22;/h3-6,11-12H,7-10,13H2,1-2H3,(H2,23,24,25);1H. The van der Waals surface area contributed by atoms with Crippen LogP contribution >= 0.6 is 35.3 Å². The molecule has 3 aromatic rings. The Kier molecular flexibility index (Phi) is 9.63. The minimum absolute atomic E-state index is 0. The Morgan fingerprint density at radius 3 is 2.57 bits per heavy atom. The highest BCUT2D eigenvalue weighted by molar-refractivity contribution is 14.0. The van der Waals surface area contributed by atoms with Crippen LogP contribution in [0.3, 0.4) is 0 Å². The number of rotatable bonds is 8. The molecule has 0 bridgehead atoms. The molecule has 0 amide bonds. The highest BCUT2D eigenvalue weighted by atomic mass is 127. The van der Waals surface area contributed by atoms with E-state index in [1.807, 2.05) is 30.0 Å². The van der Waals surface area contributed by atoms with Crippen LogP contribution in [-0.4, -0.2) is 33.8 Å². The monoisotopic (exact) mass is 546 g/mol. The molecule has 0 radical (unpaired) electrons. The van der Waals surface area contributed by atoms with Crippen molar-refractivity contribution in [2.45, 2.75) is 26.3 Å². The molecular weight excluding hydrogens is 521 g/mol. The van der Waals surface area contributed by atoms with Crippen LogP contribution in [0.15, 0.2) is 40.7 Å². The summed E-state index contributed by atoms with van der Waals surface area (Å²) in [6, 6.07) is 7.60. The maximum absolute atomic E-state index is 13.8. The second-order valence-electron chi connectivity index (χ2n) is 6.56. The van der Waals surface area contributed by atoms with Crippen molar-refractivity contribution < 1.29 is 8.78 Å². The van der Waals surface area contributed by atoms with Gasteiger partial charge < -0.3 is 15.2 Å². The Balaban J connectivity index is 0.00000320. The van der Waals surface area contributed by atoms with Crippen LogP contribution in [0.2, 0.25) is 0 Å². The third-order valence-corrected chi connectivity index (χ3v) is 5.44. The quantitative estimate of drug-likeness (QED) is 0.258. The van der Waals surface area contributed by atoms with E-state index in [-0.39, 0.29) is 24.0 Å². The van der Waals surface area contributed by atoms with Crippen LogP contribution in [0.4, 0.5) is 8.78 Å². The molecule has 0 atom stereocenters. The largest absolute Gasteiger partial charge is 0.356 e. The first-order valence-corrected chi connectivity index (χ1v) is 10.2. The van der Waals surface area contributed by atoms with Gasteiger partial charge in [-0.1, -0.05) is 6.07 Å². The topological polar surface area (TPSA) is 67.1 Å². The average molecular weight is 546 g/mol. The Morgan fingerprint density at radius 2 is 1.90 bits per heavy atom. The van der Waals surface area contributed by atoms with Crippen LogP contribution in [0.1, 0.15) is 22.1 Å². The molecule has 3 rings (SSSR count). The number of nitrogens with one attached hydrogen (secondary N) is 2. The third kappa shape index (κ3) is 7.01. The number of nitrogens with zero attached hydrogens (tertiary/aromatic N) is 4. The summed E-state index contributed by atoms with van der Waals surface area (Å²) in [5.74, 6) is 1.31. The van der Waals surface area contributed by atoms with Crippen molar-refractivity contribution in [1.29, 1.82) is 0 Å². The van der Waals surface area contributed by atoms with E-state index < -0.39 is 11.6 Å². The van der Waals surface area contributed by atoms with Gasteiger partial charge in [0.1, 0.15) is 24.0 Å². The molecule has 0 unspecified atom stereocenters. The lowest BCUT2D eigenvalue weighted by Crippen LogP contribution is -2.39. The number of guanidine groups is 1. The lowest BCUT2D eigenvalue weighted by atomic mass is 10.1. The zero-order valence-electron chi connectivity index (χ0n) is 16.9. The van der Waals surface area contributed by atoms with Gasteiger partial charge in [-0.3, -0.25) is 0 Å². The maximum atomic E-state index is 13.8. The van der Waals surface area contributed by atoms with Crippen LogP contribution in [-0.2, 0) is 26.4 Å². The number of aromatic nitrogens is 3. The van der Waals surface area contributed by atoms with Crippen molar-refractivity contribution in [3.8, 4) is 0 Å². The molecule has 0 aliphatic heterocycles. The van der Waals surface area contributed by atoms with Crippen molar-refractivity contribution in [2.24, 2.45) is 12.0 Å². The molecule has 2 aromatic heterocycles. The molecule has 0 spiro atoms. The summed E-state index contributed by atoms with van der Waals surface area (Å²) in [6.45, 7) is 3.37. The van der Waals surface area contributed by atoms with Gasteiger partial charge in [0.15, 0.2) is 11.8 Å². The number of hydrogen-bond acceptors (Lipinski definition) is 4. The molecule has 6 nitrogen and oxygen atoms in total. The molecule has 1 aromatic carbocycles. The average Bonchev–Trinajstić information content (AvgIpc) is 3.33. The zero-order chi connectivity index (χ0) is 20.6. The van der Waals surface area contributed by atoms with Crippen molar-refractivity contribution >= 4 is 41.3 Å². The number of benzene rings is 1. The summed E-state index contributed by atoms with van der Waals surface area (Å²) in [5.41, 5.74) is 0.333. The molecule has 0 aliphatic carbocycles. The first-order valence-electron chi connectivity index (χ1n) is 9.36. The minimum atomic E-state index is -0.443. The second-order valence-corrected chi connectivity index (χ2v) is 7.59. The van der Waals surface area contributed by atoms with E-state index in [9.17, 15) is 8.78 Å². The van der Waals surface area contributed by atoms with E-state index in [1.165, 1.54) is 10.9 Å². The predicted molar refractivity (Wildman–Crippen MR) is 126 cm³/mol. The molecule has 10 heteroatoms. The molecule has 0 saturated heterocycles. The highest BCUT2D eigenvalue weighted by Crippen LogP contribution is 2.10. The molecule has 162 valence electrons. The number of aryl methyl sites for hydroxylation is 1. The fourth-order valence-electron chi connectivity index (χ4n) is 2.72. The molecule has 30 heavy (non-hydrogen) atoms. The van der Waals surface area contributed by atoms with Crippen LogP contribution in [0.25, 0.3) is 0 Å². The Bertz CT molecular complexity index is 958. The van der Waals surface area contributed by atoms with Crippen LogP contribution < -0.4 is 10.6 Å². The van der Waals surface area contributed by atoms with E-state index in [2.05, 4.69) is 31.9 Å². The fraction of sp³-hybridized carbons (Fsp3) is 0.350. The fourth-order valence-corrected chi connectivity index (χ4v) is 3.43. The summed E-state index contributed by atoms with van der Waals surface area (Å²) in [4.78, 5) is 5.85. The third-order valence-electron chi connectivity index (χ3n) is 4.50. The summed E-state index contributed by atoms with van der Waals surface area (Å²) < 4.78 is 29.0. The van der Waals surface area contributed by atoms with Gasteiger partial charge in [-0.25, -0.2) is 13.8 Å². The van der Waals surface area contributed by atoms with E-state index in [0.717, 1.165) is 30.2 Å². The van der Waals surface area contributed by atoms with Crippen molar-refractivity contribution in [2.75, 3.05) is 13.1 Å². The molecule has 0 saturated carbocycles. The normalized spacial score (nSPS) is 11.3. The van der Waals surface area contributed by atoms with Crippen LogP contribution in [0.5, 0.6) is 0 Å². The Labute approximate surface area is 195 Å². The maximum Gasteiger partial charge on any atom is 0.191 e. The number of aliphatic imine (C=N–C) groups is 1. The van der Waals surface area contributed by atoms with E-state index in [0.29, 0.717) is 37.6 Å². The van der Waals surface area contributed by atoms with Gasteiger partial charge in [-0.15, -0.1) is 45.5 Å². The molecule has 0 fully saturated rings. The highest BCUT2D eigenvalue weighted by Gasteiger charge is 2.07. The summed E-state index contributed by atoms with van der Waals surface area (Å²) in [6.07, 6.45) is 1.22. The number of halogens is 3. The first kappa shape index (κ1) is 24.2. The molecule has 2 heterocycles. The van der Waals surface area contributed by atoms with E-state index >= 15 is 0 Å². The zero-order valence-corrected chi connectivity index (χ0v) is 20.0. The van der Waals surface area contributed by atoms with Gasteiger partial charge in [0.05, 0.1) is 0 Å². The number of hydrogen-bond donors (Lipinski definition) is 2. The molecule has 2 N–H and O–H groups in total. The van der Waals surface area contributed by atoms with Crippen molar-refractivity contribution in [1.82, 2.24) is 25.4 Å². The molecule has 0 aliphatic rings.